The fraction of sp³-hybridized carbons (Fsp3) is 0.500. The van der Waals surface area contributed by atoms with E-state index in [1.807, 2.05) is 0 Å². The lowest BCUT2D eigenvalue weighted by atomic mass is 10.1. The third-order valence-electron chi connectivity index (χ3n) is 4.13. The highest BCUT2D eigenvalue weighted by atomic mass is 16.6. The first kappa shape index (κ1) is 14.0. The molecule has 2 heterocycles. The van der Waals surface area contributed by atoms with Gasteiger partial charge in [0.15, 0.2) is 6.29 Å². The first-order chi connectivity index (χ1) is 10.2. The topological polar surface area (TPSA) is 75.9 Å². The number of non-ortho nitro benzene ring substituents is 1. The van der Waals surface area contributed by atoms with E-state index in [4.69, 9.17) is 4.74 Å². The van der Waals surface area contributed by atoms with E-state index in [0.717, 1.165) is 38.5 Å². The molecular weight excluding hydrogens is 274 g/mol. The van der Waals surface area contributed by atoms with E-state index in [1.54, 1.807) is 6.07 Å². The molecule has 3 rings (SSSR count). The van der Waals surface area contributed by atoms with E-state index < -0.39 is 4.92 Å². The molecule has 2 aliphatic heterocycles. The van der Waals surface area contributed by atoms with Crippen molar-refractivity contribution in [3.8, 4) is 0 Å². The molecule has 21 heavy (non-hydrogen) atoms. The van der Waals surface area contributed by atoms with E-state index in [0.29, 0.717) is 24.5 Å². The number of hydrogen-bond acceptors (Lipinski definition) is 6. The van der Waals surface area contributed by atoms with E-state index in [9.17, 15) is 14.9 Å². The van der Waals surface area contributed by atoms with E-state index in [2.05, 4.69) is 9.80 Å². The van der Waals surface area contributed by atoms with Gasteiger partial charge in [-0.15, -0.1) is 0 Å². The van der Waals surface area contributed by atoms with Crippen LogP contribution in [-0.2, 0) is 4.74 Å². The summed E-state index contributed by atoms with van der Waals surface area (Å²) >= 11 is 0. The molecule has 1 atom stereocenters. The highest BCUT2D eigenvalue weighted by molar-refractivity contribution is 5.86. The van der Waals surface area contributed by atoms with E-state index >= 15 is 0 Å². The largest absolute Gasteiger partial charge is 0.378 e. The molecule has 0 aromatic heterocycles. The van der Waals surface area contributed by atoms with Gasteiger partial charge >= 0.3 is 0 Å². The van der Waals surface area contributed by atoms with Gasteiger partial charge in [0.05, 0.1) is 24.2 Å². The van der Waals surface area contributed by atoms with Gasteiger partial charge in [-0.05, 0) is 6.07 Å². The minimum atomic E-state index is -0.482. The average molecular weight is 291 g/mol. The SMILES string of the molecule is O=Cc1cc([N+](=O)[O-])ccc1N1CCN2CCOCC2C1. The molecule has 0 amide bonds. The minimum absolute atomic E-state index is 0.0551. The lowest BCUT2D eigenvalue weighted by Crippen LogP contribution is -2.58. The Bertz CT molecular complexity index is 563. The number of fused-ring (bicyclic) bond motifs is 1. The molecule has 1 aromatic carbocycles. The molecule has 2 fully saturated rings. The van der Waals surface area contributed by atoms with Crippen LogP contribution < -0.4 is 4.90 Å². The zero-order valence-electron chi connectivity index (χ0n) is 11.6. The molecule has 7 nitrogen and oxygen atoms in total. The number of benzene rings is 1. The van der Waals surface area contributed by atoms with Crippen molar-refractivity contribution in [2.24, 2.45) is 0 Å². The van der Waals surface area contributed by atoms with E-state index in [-0.39, 0.29) is 5.69 Å². The van der Waals surface area contributed by atoms with Crippen LogP contribution in [0.3, 0.4) is 0 Å². The summed E-state index contributed by atoms with van der Waals surface area (Å²) in [5.74, 6) is 0. The number of morpholine rings is 1. The number of carbonyl (C=O) groups excluding carboxylic acids is 1. The standard InChI is InChI=1S/C14H17N3O4/c18-9-11-7-12(17(19)20)1-2-14(11)16-4-3-15-5-6-21-10-13(15)8-16/h1-2,7,9,13H,3-6,8,10H2. The predicted octanol–water partition coefficient (Wildman–Crippen LogP) is 0.928. The van der Waals surface area contributed by atoms with Crippen molar-refractivity contribution in [2.45, 2.75) is 6.04 Å². The summed E-state index contributed by atoms with van der Waals surface area (Å²) < 4.78 is 5.50. The number of hydrogen-bond donors (Lipinski definition) is 0. The second-order valence-electron chi connectivity index (χ2n) is 5.33. The Hall–Kier alpha value is -1.99. The summed E-state index contributed by atoms with van der Waals surface area (Å²) in [5, 5.41) is 10.8. The molecule has 1 unspecified atom stereocenters. The fourth-order valence-corrected chi connectivity index (χ4v) is 3.00. The van der Waals surface area contributed by atoms with Crippen LogP contribution in [0.2, 0.25) is 0 Å². The van der Waals surface area contributed by atoms with Crippen molar-refractivity contribution in [3.05, 3.63) is 33.9 Å². The number of carbonyl (C=O) groups is 1. The van der Waals surface area contributed by atoms with Gasteiger partial charge in [0.25, 0.3) is 5.69 Å². The summed E-state index contributed by atoms with van der Waals surface area (Å²) in [7, 11) is 0. The van der Waals surface area contributed by atoms with Gasteiger partial charge in [-0.3, -0.25) is 19.8 Å². The second-order valence-corrected chi connectivity index (χ2v) is 5.33. The molecule has 0 radical (unpaired) electrons. The van der Waals surface area contributed by atoms with Crippen LogP contribution in [0.4, 0.5) is 11.4 Å². The summed E-state index contributed by atoms with van der Waals surface area (Å²) in [4.78, 5) is 26.1. The summed E-state index contributed by atoms with van der Waals surface area (Å²) in [5.41, 5.74) is 1.08. The van der Waals surface area contributed by atoms with Crippen molar-refractivity contribution < 1.29 is 14.5 Å². The number of rotatable bonds is 3. The summed E-state index contributed by atoms with van der Waals surface area (Å²) in [6, 6.07) is 4.78. The van der Waals surface area contributed by atoms with Crippen molar-refractivity contribution in [1.29, 1.82) is 0 Å². The van der Waals surface area contributed by atoms with Crippen LogP contribution in [0.5, 0.6) is 0 Å². The normalized spacial score (nSPS) is 22.7. The lowest BCUT2D eigenvalue weighted by Gasteiger charge is -2.44. The predicted molar refractivity (Wildman–Crippen MR) is 76.9 cm³/mol. The van der Waals surface area contributed by atoms with Crippen LogP contribution >= 0.6 is 0 Å². The molecule has 2 saturated heterocycles. The third kappa shape index (κ3) is 2.74. The van der Waals surface area contributed by atoms with Gasteiger partial charge < -0.3 is 9.64 Å². The van der Waals surface area contributed by atoms with Crippen molar-refractivity contribution >= 4 is 17.7 Å². The first-order valence-corrected chi connectivity index (χ1v) is 6.99. The number of aldehydes is 1. The number of ether oxygens (including phenoxy) is 1. The lowest BCUT2D eigenvalue weighted by molar-refractivity contribution is -0.384. The van der Waals surface area contributed by atoms with Gasteiger partial charge in [-0.2, -0.15) is 0 Å². The van der Waals surface area contributed by atoms with Gasteiger partial charge in [0.1, 0.15) is 0 Å². The number of nitrogens with zero attached hydrogens (tertiary/aromatic N) is 3. The Balaban J connectivity index is 1.83. The van der Waals surface area contributed by atoms with E-state index in [1.165, 1.54) is 12.1 Å². The smallest absolute Gasteiger partial charge is 0.270 e. The van der Waals surface area contributed by atoms with Gasteiger partial charge in [0.2, 0.25) is 0 Å². The zero-order chi connectivity index (χ0) is 14.8. The molecule has 2 aliphatic rings. The maximum absolute atomic E-state index is 11.2. The Morgan fingerprint density at radius 1 is 1.33 bits per heavy atom. The van der Waals surface area contributed by atoms with Gasteiger partial charge in [0, 0.05) is 49.6 Å². The number of nitro benzene ring substituents is 1. The fourth-order valence-electron chi connectivity index (χ4n) is 3.00. The Morgan fingerprint density at radius 3 is 2.95 bits per heavy atom. The monoisotopic (exact) mass is 291 g/mol. The molecule has 0 bridgehead atoms. The van der Waals surface area contributed by atoms with Crippen molar-refractivity contribution in [3.63, 3.8) is 0 Å². The number of piperazine rings is 1. The zero-order valence-corrected chi connectivity index (χ0v) is 11.6. The van der Waals surface area contributed by atoms with Crippen molar-refractivity contribution in [2.75, 3.05) is 44.3 Å². The molecule has 1 aromatic rings. The molecule has 0 saturated carbocycles. The number of nitro groups is 1. The Labute approximate surface area is 122 Å². The first-order valence-electron chi connectivity index (χ1n) is 6.99. The van der Waals surface area contributed by atoms with Crippen LogP contribution in [0.1, 0.15) is 10.4 Å². The molecule has 7 heteroatoms. The maximum Gasteiger partial charge on any atom is 0.270 e. The minimum Gasteiger partial charge on any atom is -0.378 e. The molecule has 112 valence electrons. The average Bonchev–Trinajstić information content (AvgIpc) is 2.53. The Morgan fingerprint density at radius 2 is 2.19 bits per heavy atom. The summed E-state index contributed by atoms with van der Waals surface area (Å²) in [6.45, 7) is 4.92. The highest BCUT2D eigenvalue weighted by Crippen LogP contribution is 2.27. The maximum atomic E-state index is 11.2. The van der Waals surface area contributed by atoms with Crippen LogP contribution in [-0.4, -0.2) is 61.5 Å². The van der Waals surface area contributed by atoms with Crippen molar-refractivity contribution in [1.82, 2.24) is 4.90 Å². The quantitative estimate of drug-likeness (QED) is 0.468. The summed E-state index contributed by atoms with van der Waals surface area (Å²) in [6.07, 6.45) is 0.687. The third-order valence-corrected chi connectivity index (χ3v) is 4.13. The molecular formula is C14H17N3O4. The van der Waals surface area contributed by atoms with Crippen LogP contribution in [0, 0.1) is 10.1 Å². The second kappa shape index (κ2) is 5.79. The van der Waals surface area contributed by atoms with Gasteiger partial charge in [-0.1, -0.05) is 0 Å². The van der Waals surface area contributed by atoms with Crippen LogP contribution in [0.15, 0.2) is 18.2 Å². The molecule has 0 spiro atoms. The van der Waals surface area contributed by atoms with Gasteiger partial charge in [-0.25, -0.2) is 0 Å². The molecule has 0 aliphatic carbocycles. The molecule has 0 N–H and O–H groups in total. The Kier molecular flexibility index (Phi) is 3.85. The van der Waals surface area contributed by atoms with Crippen LogP contribution in [0.25, 0.3) is 0 Å². The number of anilines is 1. The highest BCUT2D eigenvalue weighted by Gasteiger charge is 2.30.